The summed E-state index contributed by atoms with van der Waals surface area (Å²) in [6.07, 6.45) is 3.03. The quantitative estimate of drug-likeness (QED) is 0.574. The Hall–Kier alpha value is -1.05. The second-order valence-corrected chi connectivity index (χ2v) is 2.50. The minimum absolute atomic E-state index is 1.12. The number of hydrogen-bond donors (Lipinski definition) is 0. The first kappa shape index (κ1) is 5.71. The molecule has 2 heteroatoms. The van der Waals surface area contributed by atoms with Gasteiger partial charge in [-0.05, 0) is 18.6 Å². The number of aromatic nitrogens is 1. The van der Waals surface area contributed by atoms with Gasteiger partial charge < -0.3 is 4.90 Å². The van der Waals surface area contributed by atoms with Crippen molar-refractivity contribution in [1.29, 1.82) is 0 Å². The summed E-state index contributed by atoms with van der Waals surface area (Å²) in [6, 6.07) is 4.09. The lowest BCUT2D eigenvalue weighted by Gasteiger charge is -1.94. The molecule has 1 aromatic heterocycles. The maximum Gasteiger partial charge on any atom is 0.157 e. The Balaban J connectivity index is 2.14. The van der Waals surface area contributed by atoms with Crippen LogP contribution in [0.3, 0.4) is 0 Å². The van der Waals surface area contributed by atoms with E-state index in [0.717, 1.165) is 6.54 Å². The molecule has 52 valence electrons. The van der Waals surface area contributed by atoms with Gasteiger partial charge in [0.1, 0.15) is 0 Å². The molecule has 10 heavy (non-hydrogen) atoms. The van der Waals surface area contributed by atoms with Crippen LogP contribution < -0.4 is 4.90 Å². The summed E-state index contributed by atoms with van der Waals surface area (Å²) in [5, 5.41) is 0. The molecule has 0 saturated heterocycles. The van der Waals surface area contributed by atoms with Crippen molar-refractivity contribution in [3.63, 3.8) is 0 Å². The predicted molar refractivity (Wildman–Crippen MR) is 41.5 cm³/mol. The van der Waals surface area contributed by atoms with Crippen LogP contribution in [-0.4, -0.2) is 11.5 Å². The first-order valence-corrected chi connectivity index (χ1v) is 3.66. The third-order valence-corrected chi connectivity index (χ3v) is 1.71. The first-order valence-electron chi connectivity index (χ1n) is 3.66. The number of pyridine rings is 1. The van der Waals surface area contributed by atoms with Crippen molar-refractivity contribution in [3.8, 4) is 0 Å². The second-order valence-electron chi connectivity index (χ2n) is 2.50. The maximum atomic E-state index is 4.20. The number of hydrogen-bond acceptors (Lipinski definition) is 2. The fourth-order valence-electron chi connectivity index (χ4n) is 1.20. The fraction of sp³-hybridized carbons (Fsp3) is 0.375. The molecule has 0 fully saturated rings. The SMILES string of the molecule is CCCN1c2cccnc21. The van der Waals surface area contributed by atoms with E-state index in [9.17, 15) is 0 Å². The Kier molecular flexibility index (Phi) is 1.13. The van der Waals surface area contributed by atoms with Gasteiger partial charge in [0.2, 0.25) is 0 Å². The average molecular weight is 134 g/mol. The summed E-state index contributed by atoms with van der Waals surface area (Å²) in [4.78, 5) is 6.43. The monoisotopic (exact) mass is 134 g/mol. The van der Waals surface area contributed by atoms with E-state index in [1.807, 2.05) is 12.3 Å². The van der Waals surface area contributed by atoms with Crippen molar-refractivity contribution in [3.05, 3.63) is 18.3 Å². The molecule has 1 aliphatic heterocycles. The predicted octanol–water partition coefficient (Wildman–Crippen LogP) is 1.94. The van der Waals surface area contributed by atoms with Gasteiger partial charge >= 0.3 is 0 Å². The van der Waals surface area contributed by atoms with Crippen LogP contribution in [0, 0.1) is 0 Å². The van der Waals surface area contributed by atoms with Gasteiger partial charge in [-0.25, -0.2) is 4.98 Å². The van der Waals surface area contributed by atoms with Crippen molar-refractivity contribution in [2.24, 2.45) is 0 Å². The first-order chi connectivity index (χ1) is 4.93. The molecule has 2 heterocycles. The normalized spacial score (nSPS) is 13.1. The van der Waals surface area contributed by atoms with E-state index in [0.29, 0.717) is 0 Å². The Morgan fingerprint density at radius 3 is 3.10 bits per heavy atom. The van der Waals surface area contributed by atoms with Gasteiger partial charge in [-0.2, -0.15) is 0 Å². The van der Waals surface area contributed by atoms with Gasteiger partial charge in [0.05, 0.1) is 5.69 Å². The summed E-state index contributed by atoms with van der Waals surface area (Å²) in [5.74, 6) is 1.17. The van der Waals surface area contributed by atoms with E-state index in [4.69, 9.17) is 0 Å². The fourth-order valence-corrected chi connectivity index (χ4v) is 1.20. The number of fused-ring (bicyclic) bond motifs is 1. The van der Waals surface area contributed by atoms with Gasteiger partial charge in [0.15, 0.2) is 5.82 Å². The molecule has 0 bridgehead atoms. The zero-order chi connectivity index (χ0) is 6.97. The van der Waals surface area contributed by atoms with Crippen LogP contribution in [0.25, 0.3) is 0 Å². The highest BCUT2D eigenvalue weighted by atomic mass is 15.3. The molecule has 2 rings (SSSR count). The van der Waals surface area contributed by atoms with Crippen molar-refractivity contribution in [2.45, 2.75) is 13.3 Å². The van der Waals surface area contributed by atoms with E-state index in [2.05, 4.69) is 22.9 Å². The third kappa shape index (κ3) is 0.685. The molecular formula is C8H10N2. The molecule has 0 unspecified atom stereocenters. The lowest BCUT2D eigenvalue weighted by atomic mass is 10.5. The molecular weight excluding hydrogens is 124 g/mol. The Morgan fingerprint density at radius 1 is 1.60 bits per heavy atom. The van der Waals surface area contributed by atoms with Crippen LogP contribution in [0.4, 0.5) is 11.5 Å². The Morgan fingerprint density at radius 2 is 2.50 bits per heavy atom. The van der Waals surface area contributed by atoms with Crippen molar-refractivity contribution < 1.29 is 0 Å². The van der Waals surface area contributed by atoms with Crippen LogP contribution in [-0.2, 0) is 0 Å². The van der Waals surface area contributed by atoms with Crippen LogP contribution in [0.1, 0.15) is 13.3 Å². The van der Waals surface area contributed by atoms with Gasteiger partial charge in [0, 0.05) is 12.7 Å². The molecule has 0 atom stereocenters. The maximum absolute atomic E-state index is 4.20. The highest BCUT2D eigenvalue weighted by molar-refractivity contribution is 5.88. The lowest BCUT2D eigenvalue weighted by molar-refractivity contribution is 0.929. The van der Waals surface area contributed by atoms with Gasteiger partial charge in [-0.3, -0.25) is 0 Å². The smallest absolute Gasteiger partial charge is 0.157 e. The summed E-state index contributed by atoms with van der Waals surface area (Å²) in [7, 11) is 0. The summed E-state index contributed by atoms with van der Waals surface area (Å²) in [6.45, 7) is 3.30. The molecule has 1 aliphatic rings. The average Bonchev–Trinajstić information content (AvgIpc) is 2.66. The number of rotatable bonds is 2. The van der Waals surface area contributed by atoms with Crippen molar-refractivity contribution in [2.75, 3.05) is 11.4 Å². The third-order valence-electron chi connectivity index (χ3n) is 1.71. The van der Waals surface area contributed by atoms with Crippen LogP contribution in [0.2, 0.25) is 0 Å². The topological polar surface area (TPSA) is 15.9 Å². The van der Waals surface area contributed by atoms with E-state index in [1.165, 1.54) is 17.9 Å². The minimum Gasteiger partial charge on any atom is -0.321 e. The standard InChI is InChI=1S/C8H10N2/c1-2-6-10-7-4-3-5-9-8(7)10/h3-5H,2,6H2,1H3. The van der Waals surface area contributed by atoms with Crippen molar-refractivity contribution >= 4 is 11.5 Å². The van der Waals surface area contributed by atoms with Crippen LogP contribution in [0.15, 0.2) is 18.3 Å². The van der Waals surface area contributed by atoms with E-state index < -0.39 is 0 Å². The Bertz CT molecular complexity index is 222. The molecule has 2 nitrogen and oxygen atoms in total. The second kappa shape index (κ2) is 1.97. The van der Waals surface area contributed by atoms with E-state index >= 15 is 0 Å². The molecule has 0 aromatic carbocycles. The van der Waals surface area contributed by atoms with E-state index in [1.54, 1.807) is 0 Å². The molecule has 0 amide bonds. The highest BCUT2D eigenvalue weighted by Crippen LogP contribution is 2.44. The van der Waals surface area contributed by atoms with E-state index in [-0.39, 0.29) is 0 Å². The number of nitrogens with zero attached hydrogens (tertiary/aromatic N) is 2. The molecule has 0 N–H and O–H groups in total. The summed E-state index contributed by atoms with van der Waals surface area (Å²) in [5.41, 5.74) is 1.31. The summed E-state index contributed by atoms with van der Waals surface area (Å²) >= 11 is 0. The molecule has 0 aliphatic carbocycles. The lowest BCUT2D eigenvalue weighted by Crippen LogP contribution is -1.99. The number of anilines is 2. The zero-order valence-electron chi connectivity index (χ0n) is 6.04. The molecule has 0 radical (unpaired) electrons. The van der Waals surface area contributed by atoms with Crippen molar-refractivity contribution in [1.82, 2.24) is 4.98 Å². The van der Waals surface area contributed by atoms with Crippen LogP contribution in [0.5, 0.6) is 0 Å². The van der Waals surface area contributed by atoms with Gasteiger partial charge in [-0.1, -0.05) is 6.92 Å². The minimum atomic E-state index is 1.12. The molecule has 1 aromatic rings. The largest absolute Gasteiger partial charge is 0.321 e. The zero-order valence-corrected chi connectivity index (χ0v) is 6.04. The van der Waals surface area contributed by atoms with Gasteiger partial charge in [0.25, 0.3) is 0 Å². The molecule has 0 spiro atoms. The Labute approximate surface area is 60.5 Å². The van der Waals surface area contributed by atoms with Gasteiger partial charge in [-0.15, -0.1) is 0 Å². The van der Waals surface area contributed by atoms with Crippen LogP contribution >= 0.6 is 0 Å². The summed E-state index contributed by atoms with van der Waals surface area (Å²) < 4.78 is 0. The molecule has 0 saturated carbocycles. The highest BCUT2D eigenvalue weighted by Gasteiger charge is 2.28.